The lowest BCUT2D eigenvalue weighted by Crippen LogP contribution is -2.70. The second kappa shape index (κ2) is 5.94. The molecule has 0 bridgehead atoms. The molecule has 0 amide bonds. The molecule has 2 N–H and O–H groups in total. The van der Waals surface area contributed by atoms with Crippen molar-refractivity contribution >= 4 is 0 Å². The largest absolute Gasteiger partial charge is 0.393 e. The fraction of sp³-hybridized carbons (Fsp3) is 1.00. The van der Waals surface area contributed by atoms with Crippen molar-refractivity contribution in [3.05, 3.63) is 0 Å². The van der Waals surface area contributed by atoms with E-state index in [1.807, 2.05) is 0 Å². The second-order valence-electron chi connectivity index (χ2n) is 11.1. The predicted octanol–water partition coefficient (Wildman–Crippen LogP) is 3.97. The number of hydrogen-bond donors (Lipinski definition) is 2. The van der Waals surface area contributed by atoms with Gasteiger partial charge in [-0.1, -0.05) is 13.8 Å². The van der Waals surface area contributed by atoms with Crippen LogP contribution in [0.25, 0.3) is 0 Å². The van der Waals surface area contributed by atoms with E-state index in [9.17, 15) is 10.2 Å². The van der Waals surface area contributed by atoms with E-state index >= 15 is 0 Å². The van der Waals surface area contributed by atoms with E-state index in [0.29, 0.717) is 22.8 Å². The Morgan fingerprint density at radius 2 is 1.46 bits per heavy atom. The van der Waals surface area contributed by atoms with Crippen molar-refractivity contribution in [3.8, 4) is 0 Å². The van der Waals surface area contributed by atoms with E-state index in [1.54, 1.807) is 0 Å². The van der Waals surface area contributed by atoms with E-state index in [4.69, 9.17) is 0 Å². The standard InChI is InChI=1S/C23H39NO2/c1-21-10-8-17(25)15-16(21)7-12-23(24-13-3-4-14-24)18-5-6-20(26)22(18,2)11-9-19(21)23/h16-20,25-26H,3-15H2,1-2H3/t16?,17?,18-,19+,20?,21+,22+,23-/m1/s1. The first kappa shape index (κ1) is 17.9. The summed E-state index contributed by atoms with van der Waals surface area (Å²) in [6, 6.07) is 0. The molecule has 0 spiro atoms. The summed E-state index contributed by atoms with van der Waals surface area (Å²) in [5, 5.41) is 21.2. The smallest absolute Gasteiger partial charge is 0.0597 e. The lowest BCUT2D eigenvalue weighted by molar-refractivity contribution is -0.196. The Morgan fingerprint density at radius 1 is 0.769 bits per heavy atom. The van der Waals surface area contributed by atoms with Crippen LogP contribution in [0.15, 0.2) is 0 Å². The summed E-state index contributed by atoms with van der Waals surface area (Å²) < 4.78 is 0. The van der Waals surface area contributed by atoms with Crippen LogP contribution in [0.3, 0.4) is 0 Å². The Labute approximate surface area is 159 Å². The molecule has 4 aliphatic carbocycles. The van der Waals surface area contributed by atoms with E-state index in [2.05, 4.69) is 18.7 Å². The Hall–Kier alpha value is -0.120. The van der Waals surface area contributed by atoms with Crippen LogP contribution in [0.4, 0.5) is 0 Å². The van der Waals surface area contributed by atoms with Crippen molar-refractivity contribution in [2.24, 2.45) is 28.6 Å². The topological polar surface area (TPSA) is 43.7 Å². The fourth-order valence-electron chi connectivity index (χ4n) is 9.02. The molecule has 5 fully saturated rings. The van der Waals surface area contributed by atoms with Crippen LogP contribution in [0.5, 0.6) is 0 Å². The molecule has 0 aromatic rings. The highest BCUT2D eigenvalue weighted by Gasteiger charge is 2.68. The summed E-state index contributed by atoms with van der Waals surface area (Å²) in [4.78, 5) is 2.92. The molecule has 3 nitrogen and oxygen atoms in total. The molecule has 0 aromatic carbocycles. The van der Waals surface area contributed by atoms with Crippen LogP contribution in [0.2, 0.25) is 0 Å². The summed E-state index contributed by atoms with van der Waals surface area (Å²) >= 11 is 0. The van der Waals surface area contributed by atoms with Gasteiger partial charge in [-0.25, -0.2) is 0 Å². The molecule has 1 saturated heterocycles. The van der Waals surface area contributed by atoms with Crippen LogP contribution in [-0.4, -0.2) is 45.9 Å². The van der Waals surface area contributed by atoms with Gasteiger partial charge in [0, 0.05) is 5.54 Å². The number of aliphatic hydroxyl groups is 2. The fourth-order valence-corrected chi connectivity index (χ4v) is 9.02. The maximum atomic E-state index is 10.9. The first-order valence-electron chi connectivity index (χ1n) is 11.5. The van der Waals surface area contributed by atoms with Crippen molar-refractivity contribution < 1.29 is 10.2 Å². The molecule has 5 aliphatic rings. The molecule has 1 heterocycles. The minimum absolute atomic E-state index is 0.0606. The zero-order chi connectivity index (χ0) is 18.2. The molecular formula is C23H39NO2. The van der Waals surface area contributed by atoms with Gasteiger partial charge in [-0.2, -0.15) is 0 Å². The van der Waals surface area contributed by atoms with Gasteiger partial charge < -0.3 is 10.2 Å². The summed E-state index contributed by atoms with van der Waals surface area (Å²) in [6.07, 6.45) is 13.2. The number of fused-ring (bicyclic) bond motifs is 5. The third-order valence-electron chi connectivity index (χ3n) is 10.4. The molecule has 4 saturated carbocycles. The highest BCUT2D eigenvalue weighted by atomic mass is 16.3. The van der Waals surface area contributed by atoms with E-state index < -0.39 is 0 Å². The maximum Gasteiger partial charge on any atom is 0.0597 e. The number of nitrogens with zero attached hydrogens (tertiary/aromatic N) is 1. The second-order valence-corrected chi connectivity index (χ2v) is 11.1. The number of likely N-dealkylation sites (tertiary alicyclic amines) is 1. The van der Waals surface area contributed by atoms with Crippen molar-refractivity contribution in [1.29, 1.82) is 0 Å². The van der Waals surface area contributed by atoms with Crippen molar-refractivity contribution in [1.82, 2.24) is 4.90 Å². The number of aliphatic hydroxyl groups excluding tert-OH is 2. The van der Waals surface area contributed by atoms with Gasteiger partial charge in [0.1, 0.15) is 0 Å². The number of rotatable bonds is 1. The summed E-state index contributed by atoms with van der Waals surface area (Å²) in [5.41, 5.74) is 0.861. The van der Waals surface area contributed by atoms with Gasteiger partial charge in [0.2, 0.25) is 0 Å². The maximum absolute atomic E-state index is 10.9. The molecule has 26 heavy (non-hydrogen) atoms. The van der Waals surface area contributed by atoms with Gasteiger partial charge in [0.15, 0.2) is 0 Å². The van der Waals surface area contributed by atoms with E-state index in [1.165, 1.54) is 64.5 Å². The highest BCUT2D eigenvalue weighted by molar-refractivity contribution is 5.20. The molecule has 148 valence electrons. The van der Waals surface area contributed by atoms with E-state index in [-0.39, 0.29) is 17.6 Å². The Kier molecular flexibility index (Phi) is 4.10. The zero-order valence-electron chi connectivity index (χ0n) is 16.9. The van der Waals surface area contributed by atoms with Gasteiger partial charge in [-0.15, -0.1) is 0 Å². The molecule has 5 rings (SSSR count). The van der Waals surface area contributed by atoms with Gasteiger partial charge >= 0.3 is 0 Å². The van der Waals surface area contributed by atoms with Gasteiger partial charge in [0.05, 0.1) is 12.2 Å². The Morgan fingerprint density at radius 3 is 2.23 bits per heavy atom. The van der Waals surface area contributed by atoms with Crippen LogP contribution < -0.4 is 0 Å². The monoisotopic (exact) mass is 361 g/mol. The third-order valence-corrected chi connectivity index (χ3v) is 10.4. The summed E-state index contributed by atoms with van der Waals surface area (Å²) in [7, 11) is 0. The van der Waals surface area contributed by atoms with Crippen molar-refractivity contribution in [3.63, 3.8) is 0 Å². The average Bonchev–Trinajstić information content (AvgIpc) is 3.25. The summed E-state index contributed by atoms with van der Waals surface area (Å²) in [5.74, 6) is 2.15. The van der Waals surface area contributed by atoms with Gasteiger partial charge in [0.25, 0.3) is 0 Å². The molecular weight excluding hydrogens is 322 g/mol. The lowest BCUT2D eigenvalue weighted by Gasteiger charge is -2.68. The number of hydrogen-bond acceptors (Lipinski definition) is 3. The molecule has 1 aliphatic heterocycles. The highest BCUT2D eigenvalue weighted by Crippen LogP contribution is 2.69. The molecule has 0 aromatic heterocycles. The third kappa shape index (κ3) is 2.17. The first-order chi connectivity index (χ1) is 12.4. The van der Waals surface area contributed by atoms with Crippen molar-refractivity contribution in [2.75, 3.05) is 13.1 Å². The molecule has 8 atom stereocenters. The van der Waals surface area contributed by atoms with Crippen LogP contribution in [0, 0.1) is 28.6 Å². The lowest BCUT2D eigenvalue weighted by atomic mass is 9.41. The van der Waals surface area contributed by atoms with Crippen molar-refractivity contribution in [2.45, 2.75) is 102 Å². The minimum atomic E-state index is -0.0911. The first-order valence-corrected chi connectivity index (χ1v) is 11.5. The van der Waals surface area contributed by atoms with Gasteiger partial charge in [-0.3, -0.25) is 4.90 Å². The Balaban J connectivity index is 1.59. The van der Waals surface area contributed by atoms with Crippen LogP contribution in [0.1, 0.15) is 84.5 Å². The molecule has 3 unspecified atom stereocenters. The van der Waals surface area contributed by atoms with E-state index in [0.717, 1.165) is 25.2 Å². The minimum Gasteiger partial charge on any atom is -0.393 e. The average molecular weight is 362 g/mol. The zero-order valence-corrected chi connectivity index (χ0v) is 16.9. The quantitative estimate of drug-likeness (QED) is 0.743. The summed E-state index contributed by atoms with van der Waals surface area (Å²) in [6.45, 7) is 7.57. The SMILES string of the molecule is C[C@]12CCC(O)CC1CC[C@]1(N3CCCC3)[C@H]2CC[C@]2(C)C(O)CC[C@@H]12. The van der Waals surface area contributed by atoms with Crippen LogP contribution in [-0.2, 0) is 0 Å². The van der Waals surface area contributed by atoms with Crippen LogP contribution >= 0.6 is 0 Å². The predicted molar refractivity (Wildman–Crippen MR) is 104 cm³/mol. The molecule has 3 heteroatoms. The van der Waals surface area contributed by atoms with Gasteiger partial charge in [-0.05, 0) is 112 Å². The molecule has 0 radical (unpaired) electrons. The Bertz CT molecular complexity index is 560. The normalized spacial score (nSPS) is 57.5.